The van der Waals surface area contributed by atoms with Crippen molar-refractivity contribution in [1.29, 1.82) is 0 Å². The van der Waals surface area contributed by atoms with Gasteiger partial charge < -0.3 is 33.5 Å². The first-order valence-corrected chi connectivity index (χ1v) is 17.7. The van der Waals surface area contributed by atoms with E-state index in [-0.39, 0.29) is 19.4 Å². The average molecular weight is 673 g/mol. The van der Waals surface area contributed by atoms with E-state index < -0.39 is 17.5 Å². The van der Waals surface area contributed by atoms with E-state index in [0.29, 0.717) is 33.0 Å². The van der Waals surface area contributed by atoms with E-state index in [1.807, 2.05) is 77.5 Å². The summed E-state index contributed by atoms with van der Waals surface area (Å²) in [5, 5.41) is 8.56. The molecule has 0 heterocycles. The topological polar surface area (TPSA) is 110 Å². The Morgan fingerprint density at radius 3 is 1.63 bits per heavy atom. The predicted octanol–water partition coefficient (Wildman–Crippen LogP) is 6.62. The molecule has 1 N–H and O–H groups in total. The summed E-state index contributed by atoms with van der Waals surface area (Å²) in [4.78, 5) is 21.8. The van der Waals surface area contributed by atoms with Crippen LogP contribution in [0.4, 0.5) is 0 Å². The second kappa shape index (κ2) is 21.6. The quantitative estimate of drug-likeness (QED) is 0.0480. The zero-order valence-corrected chi connectivity index (χ0v) is 28.2. The molecule has 3 aromatic rings. The van der Waals surface area contributed by atoms with Crippen LogP contribution in [-0.4, -0.2) is 82.4 Å². The van der Waals surface area contributed by atoms with Crippen molar-refractivity contribution >= 4 is 33.5 Å². The Kier molecular flexibility index (Phi) is 17.4. The van der Waals surface area contributed by atoms with Crippen molar-refractivity contribution < 1.29 is 43.1 Å². The number of hydrogen-bond acceptors (Lipinski definition) is 10. The lowest BCUT2D eigenvalue weighted by Gasteiger charge is -2.36. The molecule has 0 amide bonds. The van der Waals surface area contributed by atoms with Gasteiger partial charge in [-0.2, -0.15) is 0 Å². The second-order valence-electron chi connectivity index (χ2n) is 10.0. The summed E-state index contributed by atoms with van der Waals surface area (Å²) in [6, 6.07) is 26.2. The van der Waals surface area contributed by atoms with E-state index in [9.17, 15) is 9.59 Å². The fourth-order valence-electron chi connectivity index (χ4n) is 4.59. The molecule has 0 atom stereocenters. The SMILES string of the molecule is COc1ccc(C(OCCOCCCSSCCCOCCOC(=O)CCC(=O)O)(c2ccccc2)c2ccc(OC)cc2)cc1. The standard InChI is InChI=1S/C35H44O9S2/c1-39-31-14-10-29(11-15-31)35(28-8-4-3-5-9-28,30-12-16-32(40-2)17-13-30)44-25-23-42-21-7-27-46-45-26-6-20-41-22-24-43-34(38)19-18-33(36)37/h3-5,8-17H,6-7,18-27H2,1-2H3,(H,36,37). The molecule has 3 rings (SSSR count). The molecule has 0 bridgehead atoms. The first-order chi connectivity index (χ1) is 22.5. The lowest BCUT2D eigenvalue weighted by Crippen LogP contribution is -2.34. The largest absolute Gasteiger partial charge is 0.497 e. The van der Waals surface area contributed by atoms with Crippen LogP contribution >= 0.6 is 21.6 Å². The molecule has 0 aliphatic carbocycles. The molecule has 3 aromatic carbocycles. The number of methoxy groups -OCH3 is 2. The van der Waals surface area contributed by atoms with E-state index in [1.54, 1.807) is 25.0 Å². The minimum absolute atomic E-state index is 0.119. The fraction of sp³-hybridized carbons (Fsp3) is 0.429. The molecule has 0 spiro atoms. The molecule has 0 fully saturated rings. The van der Waals surface area contributed by atoms with E-state index in [2.05, 4.69) is 12.1 Å². The lowest BCUT2D eigenvalue weighted by molar-refractivity contribution is -0.148. The van der Waals surface area contributed by atoms with Crippen LogP contribution in [0.15, 0.2) is 78.9 Å². The summed E-state index contributed by atoms with van der Waals surface area (Å²) in [7, 11) is 6.93. The number of carbonyl (C=O) groups is 2. The van der Waals surface area contributed by atoms with Crippen LogP contribution in [-0.2, 0) is 34.1 Å². The monoisotopic (exact) mass is 672 g/mol. The predicted molar refractivity (Wildman–Crippen MR) is 182 cm³/mol. The van der Waals surface area contributed by atoms with E-state index in [4.69, 9.17) is 33.5 Å². The molecular formula is C35H44O9S2. The first kappa shape index (κ1) is 37.2. The van der Waals surface area contributed by atoms with Gasteiger partial charge in [-0.25, -0.2) is 0 Å². The van der Waals surface area contributed by atoms with E-state index in [0.717, 1.165) is 52.5 Å². The van der Waals surface area contributed by atoms with Crippen LogP contribution in [0.3, 0.4) is 0 Å². The molecule has 250 valence electrons. The number of hydrogen-bond donors (Lipinski definition) is 1. The Balaban J connectivity index is 1.39. The number of ether oxygens (including phenoxy) is 6. The van der Waals surface area contributed by atoms with Crippen molar-refractivity contribution in [3.05, 3.63) is 95.6 Å². The molecule has 0 radical (unpaired) electrons. The smallest absolute Gasteiger partial charge is 0.306 e. The van der Waals surface area contributed by atoms with Gasteiger partial charge in [-0.3, -0.25) is 9.59 Å². The van der Waals surface area contributed by atoms with Crippen LogP contribution in [0.2, 0.25) is 0 Å². The number of aliphatic carboxylic acids is 1. The zero-order valence-electron chi connectivity index (χ0n) is 26.5. The van der Waals surface area contributed by atoms with Gasteiger partial charge in [0.05, 0.1) is 46.9 Å². The van der Waals surface area contributed by atoms with E-state index in [1.165, 1.54) is 0 Å². The maximum Gasteiger partial charge on any atom is 0.306 e. The molecule has 0 aliphatic rings. The van der Waals surface area contributed by atoms with Crippen LogP contribution in [0.25, 0.3) is 0 Å². The van der Waals surface area contributed by atoms with Gasteiger partial charge in [0.1, 0.15) is 23.7 Å². The molecule has 0 aliphatic heterocycles. The Bertz CT molecular complexity index is 1220. The van der Waals surface area contributed by atoms with Crippen molar-refractivity contribution in [2.75, 3.05) is 65.4 Å². The number of rotatable bonds is 24. The number of carboxylic acid groups (broad SMARTS) is 1. The fourth-order valence-corrected chi connectivity index (χ4v) is 6.71. The minimum Gasteiger partial charge on any atom is -0.497 e. The molecule has 0 saturated heterocycles. The Hall–Kier alpha value is -3.22. The van der Waals surface area contributed by atoms with Crippen LogP contribution in [0.5, 0.6) is 11.5 Å². The molecule has 0 saturated carbocycles. The third kappa shape index (κ3) is 12.5. The van der Waals surface area contributed by atoms with Crippen molar-refractivity contribution in [1.82, 2.24) is 0 Å². The summed E-state index contributed by atoms with van der Waals surface area (Å²) < 4.78 is 34.0. The van der Waals surface area contributed by atoms with Gasteiger partial charge in [0.15, 0.2) is 0 Å². The van der Waals surface area contributed by atoms with Gasteiger partial charge in [0.2, 0.25) is 0 Å². The first-order valence-electron chi connectivity index (χ1n) is 15.3. The molecular weight excluding hydrogens is 629 g/mol. The van der Waals surface area contributed by atoms with E-state index >= 15 is 0 Å². The van der Waals surface area contributed by atoms with Gasteiger partial charge in [0.25, 0.3) is 0 Å². The zero-order chi connectivity index (χ0) is 32.9. The summed E-state index contributed by atoms with van der Waals surface area (Å²) in [6.45, 7) is 2.54. The van der Waals surface area contributed by atoms with Crippen molar-refractivity contribution in [3.63, 3.8) is 0 Å². The lowest BCUT2D eigenvalue weighted by atomic mass is 9.80. The number of carbonyl (C=O) groups excluding carboxylic acids is 1. The molecule has 0 unspecified atom stereocenters. The second-order valence-corrected chi connectivity index (χ2v) is 12.7. The molecule has 0 aromatic heterocycles. The summed E-state index contributed by atoms with van der Waals surface area (Å²) >= 11 is 0. The van der Waals surface area contributed by atoms with Crippen molar-refractivity contribution in [3.8, 4) is 11.5 Å². The van der Waals surface area contributed by atoms with Gasteiger partial charge in [-0.15, -0.1) is 0 Å². The highest BCUT2D eigenvalue weighted by atomic mass is 33.1. The maximum atomic E-state index is 11.3. The number of benzene rings is 3. The summed E-state index contributed by atoms with van der Waals surface area (Å²) in [6.07, 6.45) is 1.49. The molecule has 11 heteroatoms. The Morgan fingerprint density at radius 1 is 0.630 bits per heavy atom. The van der Waals surface area contributed by atoms with Crippen LogP contribution in [0, 0.1) is 0 Å². The normalized spacial score (nSPS) is 11.3. The van der Waals surface area contributed by atoms with Gasteiger partial charge in [-0.1, -0.05) is 76.2 Å². The Labute approximate surface area is 279 Å². The van der Waals surface area contributed by atoms with Crippen LogP contribution in [0.1, 0.15) is 42.4 Å². The van der Waals surface area contributed by atoms with Gasteiger partial charge in [-0.05, 0) is 53.8 Å². The van der Waals surface area contributed by atoms with Crippen LogP contribution < -0.4 is 9.47 Å². The average Bonchev–Trinajstić information content (AvgIpc) is 3.09. The van der Waals surface area contributed by atoms with Crippen molar-refractivity contribution in [2.24, 2.45) is 0 Å². The highest BCUT2D eigenvalue weighted by molar-refractivity contribution is 8.76. The minimum atomic E-state index is -1.02. The van der Waals surface area contributed by atoms with Gasteiger partial charge >= 0.3 is 11.9 Å². The Morgan fingerprint density at radius 2 is 1.13 bits per heavy atom. The highest BCUT2D eigenvalue weighted by Gasteiger charge is 2.37. The summed E-state index contributed by atoms with van der Waals surface area (Å²) in [5.74, 6) is 1.96. The summed E-state index contributed by atoms with van der Waals surface area (Å²) in [5.41, 5.74) is 2.13. The maximum absolute atomic E-state index is 11.3. The third-order valence-electron chi connectivity index (χ3n) is 6.87. The number of esters is 1. The van der Waals surface area contributed by atoms with Gasteiger partial charge in [0, 0.05) is 24.7 Å². The highest BCUT2D eigenvalue weighted by Crippen LogP contribution is 2.41. The van der Waals surface area contributed by atoms with Crippen molar-refractivity contribution in [2.45, 2.75) is 31.3 Å². The number of carboxylic acids is 1. The third-order valence-corrected chi connectivity index (χ3v) is 9.45. The molecule has 46 heavy (non-hydrogen) atoms. The molecule has 9 nitrogen and oxygen atoms in total.